The molecule has 0 saturated carbocycles. The monoisotopic (exact) mass is 420 g/mol. The van der Waals surface area contributed by atoms with Gasteiger partial charge in [0.15, 0.2) is 0 Å². The van der Waals surface area contributed by atoms with E-state index in [9.17, 15) is 13.2 Å². The lowest BCUT2D eigenvalue weighted by atomic mass is 10.1. The van der Waals surface area contributed by atoms with E-state index in [-0.39, 0.29) is 16.7 Å². The molecule has 1 N–H and O–H groups in total. The first kappa shape index (κ1) is 22.5. The molecule has 7 nitrogen and oxygen atoms in total. The van der Waals surface area contributed by atoms with Crippen LogP contribution in [0.5, 0.6) is 11.5 Å². The molecule has 2 aromatic carbocycles. The maximum Gasteiger partial charge on any atom is 0.339 e. The number of rotatable bonds is 9. The SMILES string of the molecule is CCNC(=O)N(Cc1cccc(OS(=O)(=O)c2ccc(OC)cc2)c1)CC(C)C. The summed E-state index contributed by atoms with van der Waals surface area (Å²) in [7, 11) is -2.47. The number of amides is 2. The fourth-order valence-electron chi connectivity index (χ4n) is 2.76. The number of hydrogen-bond donors (Lipinski definition) is 1. The molecule has 2 aromatic rings. The number of carbonyl (C=O) groups is 1. The molecule has 0 fully saturated rings. The van der Waals surface area contributed by atoms with Crippen LogP contribution in [0.15, 0.2) is 53.4 Å². The highest BCUT2D eigenvalue weighted by molar-refractivity contribution is 7.87. The van der Waals surface area contributed by atoms with Gasteiger partial charge in [0.1, 0.15) is 16.4 Å². The summed E-state index contributed by atoms with van der Waals surface area (Å²) in [4.78, 5) is 14.0. The van der Waals surface area contributed by atoms with Gasteiger partial charge in [-0.15, -0.1) is 0 Å². The molecule has 0 atom stereocenters. The van der Waals surface area contributed by atoms with Crippen molar-refractivity contribution in [2.75, 3.05) is 20.2 Å². The summed E-state index contributed by atoms with van der Waals surface area (Å²) in [6.45, 7) is 7.41. The number of ether oxygens (including phenoxy) is 1. The van der Waals surface area contributed by atoms with Gasteiger partial charge in [0.2, 0.25) is 0 Å². The Balaban J connectivity index is 2.17. The Kier molecular flexibility index (Phi) is 7.90. The number of nitrogens with zero attached hydrogens (tertiary/aromatic N) is 1. The summed E-state index contributed by atoms with van der Waals surface area (Å²) in [6, 6.07) is 12.6. The Bertz CT molecular complexity index is 911. The van der Waals surface area contributed by atoms with Crippen LogP contribution < -0.4 is 14.2 Å². The van der Waals surface area contributed by atoms with E-state index in [1.165, 1.54) is 19.2 Å². The number of carbonyl (C=O) groups excluding carboxylic acids is 1. The summed E-state index contributed by atoms with van der Waals surface area (Å²) in [5.74, 6) is 1.05. The van der Waals surface area contributed by atoms with Crippen molar-refractivity contribution in [2.24, 2.45) is 5.92 Å². The fraction of sp³-hybridized carbons (Fsp3) is 0.381. The minimum Gasteiger partial charge on any atom is -0.497 e. The normalized spacial score (nSPS) is 11.2. The molecule has 2 amide bonds. The second-order valence-corrected chi connectivity index (χ2v) is 8.52. The molecule has 0 saturated heterocycles. The molecule has 0 aliphatic heterocycles. The lowest BCUT2D eigenvalue weighted by Crippen LogP contribution is -2.41. The number of benzene rings is 2. The topological polar surface area (TPSA) is 84.9 Å². The smallest absolute Gasteiger partial charge is 0.339 e. The third kappa shape index (κ3) is 6.67. The molecule has 8 heteroatoms. The predicted molar refractivity (Wildman–Crippen MR) is 112 cm³/mol. The third-order valence-corrected chi connectivity index (χ3v) is 5.29. The van der Waals surface area contributed by atoms with Gasteiger partial charge in [-0.05, 0) is 54.8 Å². The Labute approximate surface area is 172 Å². The first-order chi connectivity index (χ1) is 13.7. The lowest BCUT2D eigenvalue weighted by molar-refractivity contribution is 0.188. The van der Waals surface area contributed by atoms with Crippen LogP contribution >= 0.6 is 0 Å². The molecule has 0 spiro atoms. The first-order valence-corrected chi connectivity index (χ1v) is 10.9. The highest BCUT2D eigenvalue weighted by Crippen LogP contribution is 2.22. The minimum atomic E-state index is -3.98. The molecular formula is C21H28N2O5S. The van der Waals surface area contributed by atoms with E-state index >= 15 is 0 Å². The van der Waals surface area contributed by atoms with Crippen LogP contribution in [0.3, 0.4) is 0 Å². The fourth-order valence-corrected chi connectivity index (χ4v) is 3.68. The summed E-state index contributed by atoms with van der Waals surface area (Å²) in [5, 5.41) is 2.80. The zero-order valence-electron chi connectivity index (χ0n) is 17.2. The van der Waals surface area contributed by atoms with Gasteiger partial charge in [-0.25, -0.2) is 4.79 Å². The highest BCUT2D eigenvalue weighted by atomic mass is 32.2. The maximum atomic E-state index is 12.5. The van der Waals surface area contributed by atoms with Crippen molar-refractivity contribution in [3.05, 3.63) is 54.1 Å². The van der Waals surface area contributed by atoms with Gasteiger partial charge in [0, 0.05) is 19.6 Å². The van der Waals surface area contributed by atoms with E-state index in [0.29, 0.717) is 31.3 Å². The van der Waals surface area contributed by atoms with E-state index in [0.717, 1.165) is 5.56 Å². The Hall–Kier alpha value is -2.74. The number of methoxy groups -OCH3 is 1. The van der Waals surface area contributed by atoms with Crippen molar-refractivity contribution in [3.63, 3.8) is 0 Å². The number of nitrogens with one attached hydrogen (secondary N) is 1. The second kappa shape index (κ2) is 10.2. The minimum absolute atomic E-state index is 0.0347. The molecule has 29 heavy (non-hydrogen) atoms. The van der Waals surface area contributed by atoms with Crippen molar-refractivity contribution in [2.45, 2.75) is 32.2 Å². The van der Waals surface area contributed by atoms with Crippen LogP contribution in [0.25, 0.3) is 0 Å². The quantitative estimate of drug-likeness (QED) is 0.626. The van der Waals surface area contributed by atoms with E-state index in [4.69, 9.17) is 8.92 Å². The predicted octanol–water partition coefficient (Wildman–Crippen LogP) is 3.65. The molecule has 0 heterocycles. The Morgan fingerprint density at radius 1 is 1.10 bits per heavy atom. The lowest BCUT2D eigenvalue weighted by Gasteiger charge is -2.25. The van der Waals surface area contributed by atoms with Gasteiger partial charge in [0.25, 0.3) is 0 Å². The molecular weight excluding hydrogens is 392 g/mol. The zero-order chi connectivity index (χ0) is 21.4. The molecule has 0 radical (unpaired) electrons. The van der Waals surface area contributed by atoms with E-state index in [1.807, 2.05) is 26.8 Å². The van der Waals surface area contributed by atoms with Crippen molar-refractivity contribution < 1.29 is 22.1 Å². The second-order valence-electron chi connectivity index (χ2n) is 6.97. The van der Waals surface area contributed by atoms with Gasteiger partial charge in [-0.1, -0.05) is 26.0 Å². The van der Waals surface area contributed by atoms with Gasteiger partial charge in [-0.2, -0.15) is 8.42 Å². The average Bonchev–Trinajstić information content (AvgIpc) is 2.67. The van der Waals surface area contributed by atoms with E-state index in [1.54, 1.807) is 35.2 Å². The standard InChI is InChI=1S/C21H28N2O5S/c1-5-22-21(24)23(14-16(2)3)15-17-7-6-8-19(13-17)28-29(25,26)20-11-9-18(27-4)10-12-20/h6-13,16H,5,14-15H2,1-4H3,(H,22,24). The summed E-state index contributed by atoms with van der Waals surface area (Å²) < 4.78 is 35.4. The molecule has 2 rings (SSSR count). The highest BCUT2D eigenvalue weighted by Gasteiger charge is 2.18. The van der Waals surface area contributed by atoms with Crippen molar-refractivity contribution in [3.8, 4) is 11.5 Å². The molecule has 0 aliphatic carbocycles. The summed E-state index contributed by atoms with van der Waals surface area (Å²) in [5.41, 5.74) is 0.777. The van der Waals surface area contributed by atoms with Crippen molar-refractivity contribution in [1.29, 1.82) is 0 Å². The van der Waals surface area contributed by atoms with Crippen LogP contribution in [-0.2, 0) is 16.7 Å². The van der Waals surface area contributed by atoms with Gasteiger partial charge >= 0.3 is 16.1 Å². The van der Waals surface area contributed by atoms with E-state index < -0.39 is 10.1 Å². The van der Waals surface area contributed by atoms with Crippen molar-refractivity contribution in [1.82, 2.24) is 10.2 Å². The van der Waals surface area contributed by atoms with Crippen molar-refractivity contribution >= 4 is 16.1 Å². The molecule has 0 bridgehead atoms. The molecule has 0 aromatic heterocycles. The maximum absolute atomic E-state index is 12.5. The average molecular weight is 421 g/mol. The summed E-state index contributed by atoms with van der Waals surface area (Å²) >= 11 is 0. The van der Waals surface area contributed by atoms with Crippen LogP contribution in [0.4, 0.5) is 4.79 Å². The van der Waals surface area contributed by atoms with Gasteiger partial charge in [0.05, 0.1) is 7.11 Å². The van der Waals surface area contributed by atoms with Crippen LogP contribution in [-0.4, -0.2) is 39.5 Å². The first-order valence-electron chi connectivity index (χ1n) is 9.45. The van der Waals surface area contributed by atoms with Crippen LogP contribution in [0, 0.1) is 5.92 Å². The summed E-state index contributed by atoms with van der Waals surface area (Å²) in [6.07, 6.45) is 0. The Morgan fingerprint density at radius 2 is 1.79 bits per heavy atom. The van der Waals surface area contributed by atoms with Gasteiger partial charge in [-0.3, -0.25) is 0 Å². The molecule has 0 aliphatic rings. The van der Waals surface area contributed by atoms with Gasteiger partial charge < -0.3 is 19.1 Å². The number of urea groups is 1. The largest absolute Gasteiger partial charge is 0.497 e. The molecule has 0 unspecified atom stereocenters. The Morgan fingerprint density at radius 3 is 2.38 bits per heavy atom. The van der Waals surface area contributed by atoms with Crippen LogP contribution in [0.1, 0.15) is 26.3 Å². The zero-order valence-corrected chi connectivity index (χ0v) is 18.0. The third-order valence-electron chi connectivity index (χ3n) is 4.03. The van der Waals surface area contributed by atoms with Crippen LogP contribution in [0.2, 0.25) is 0 Å². The van der Waals surface area contributed by atoms with E-state index in [2.05, 4.69) is 5.32 Å². The number of hydrogen-bond acceptors (Lipinski definition) is 5. The molecule has 158 valence electrons.